The van der Waals surface area contributed by atoms with Crippen molar-refractivity contribution >= 4 is 23.3 Å². The lowest BCUT2D eigenvalue weighted by atomic mass is 9.94. The van der Waals surface area contributed by atoms with Gasteiger partial charge in [0.25, 0.3) is 0 Å². The van der Waals surface area contributed by atoms with Crippen LogP contribution in [0.1, 0.15) is 64.5 Å². The first-order chi connectivity index (χ1) is 15.7. The molecule has 0 aliphatic carbocycles. The number of amides is 3. The number of hydrogen-bond acceptors (Lipinski definition) is 3. The molecule has 0 aliphatic rings. The maximum absolute atomic E-state index is 13.8. The molecule has 0 aliphatic heterocycles. The van der Waals surface area contributed by atoms with Gasteiger partial charge in [-0.15, -0.1) is 0 Å². The minimum absolute atomic E-state index is 0.0491. The summed E-state index contributed by atoms with van der Waals surface area (Å²) in [6.45, 7) is 10.6. The van der Waals surface area contributed by atoms with E-state index in [-0.39, 0.29) is 29.9 Å². The van der Waals surface area contributed by atoms with E-state index < -0.39 is 0 Å². The van der Waals surface area contributed by atoms with Crippen molar-refractivity contribution in [2.45, 2.75) is 72.0 Å². The lowest BCUT2D eigenvalue weighted by Crippen LogP contribution is -2.41. The molecule has 6 heteroatoms. The standard InChI is InChI=1S/C27H40N4O2/c1-8-20(5)31(26(32)24(9-2)21-13-11-10-12-14-21)18-22-17-23(15-16-25(22)30(6)7)29-27(33)28-19(3)4/h10-17,19-20,24H,8-9,18H2,1-7H3,(H2,28,29,33). The summed E-state index contributed by atoms with van der Waals surface area (Å²) in [5.41, 5.74) is 3.78. The van der Waals surface area contributed by atoms with Gasteiger partial charge in [0, 0.05) is 44.1 Å². The fourth-order valence-corrected chi connectivity index (χ4v) is 3.95. The Morgan fingerprint density at radius 2 is 1.61 bits per heavy atom. The molecule has 6 nitrogen and oxygen atoms in total. The highest BCUT2D eigenvalue weighted by atomic mass is 16.2. The van der Waals surface area contributed by atoms with Crippen LogP contribution in [0.15, 0.2) is 48.5 Å². The van der Waals surface area contributed by atoms with E-state index in [4.69, 9.17) is 0 Å². The number of nitrogens with one attached hydrogen (secondary N) is 2. The average molecular weight is 453 g/mol. The monoisotopic (exact) mass is 452 g/mol. The summed E-state index contributed by atoms with van der Waals surface area (Å²) in [6.07, 6.45) is 1.61. The molecule has 2 aromatic rings. The van der Waals surface area contributed by atoms with Crippen molar-refractivity contribution < 1.29 is 9.59 Å². The third-order valence-electron chi connectivity index (χ3n) is 5.89. The quantitative estimate of drug-likeness (QED) is 0.493. The molecule has 0 aromatic heterocycles. The Bertz CT molecular complexity index is 912. The number of carbonyl (C=O) groups excluding carboxylic acids is 2. The van der Waals surface area contributed by atoms with Gasteiger partial charge in [-0.25, -0.2) is 4.79 Å². The molecule has 0 spiro atoms. The third kappa shape index (κ3) is 7.24. The summed E-state index contributed by atoms with van der Waals surface area (Å²) in [7, 11) is 3.98. The Balaban J connectivity index is 2.39. The molecular formula is C27H40N4O2. The Morgan fingerprint density at radius 3 is 2.15 bits per heavy atom. The van der Waals surface area contributed by atoms with E-state index >= 15 is 0 Å². The van der Waals surface area contributed by atoms with E-state index in [1.165, 1.54) is 0 Å². The van der Waals surface area contributed by atoms with Crippen molar-refractivity contribution in [3.05, 3.63) is 59.7 Å². The van der Waals surface area contributed by atoms with Crippen LogP contribution in [0, 0.1) is 0 Å². The van der Waals surface area contributed by atoms with E-state index in [1.807, 2.05) is 86.3 Å². The topological polar surface area (TPSA) is 64.7 Å². The van der Waals surface area contributed by atoms with Gasteiger partial charge in [-0.2, -0.15) is 0 Å². The molecule has 2 aromatic carbocycles. The number of nitrogens with zero attached hydrogens (tertiary/aromatic N) is 2. The fraction of sp³-hybridized carbons (Fsp3) is 0.481. The van der Waals surface area contributed by atoms with Crippen LogP contribution in [0.4, 0.5) is 16.2 Å². The number of urea groups is 1. The first-order valence-electron chi connectivity index (χ1n) is 11.9. The maximum atomic E-state index is 13.8. The summed E-state index contributed by atoms with van der Waals surface area (Å²) < 4.78 is 0. The summed E-state index contributed by atoms with van der Waals surface area (Å²) in [5.74, 6) is -0.0418. The second kappa shape index (κ2) is 12.3. The van der Waals surface area contributed by atoms with E-state index in [9.17, 15) is 9.59 Å². The molecule has 180 valence electrons. The Morgan fingerprint density at radius 1 is 0.939 bits per heavy atom. The molecule has 33 heavy (non-hydrogen) atoms. The van der Waals surface area contributed by atoms with Crippen molar-refractivity contribution in [3.63, 3.8) is 0 Å². The molecule has 2 N–H and O–H groups in total. The normalized spacial score (nSPS) is 12.7. The largest absolute Gasteiger partial charge is 0.377 e. The summed E-state index contributed by atoms with van der Waals surface area (Å²) in [5, 5.41) is 5.76. The zero-order valence-corrected chi connectivity index (χ0v) is 21.2. The van der Waals surface area contributed by atoms with Gasteiger partial charge in [-0.05, 0) is 62.9 Å². The second-order valence-electron chi connectivity index (χ2n) is 9.09. The van der Waals surface area contributed by atoms with Gasteiger partial charge in [0.05, 0.1) is 5.92 Å². The van der Waals surface area contributed by atoms with Gasteiger partial charge in [-0.3, -0.25) is 4.79 Å². The Hall–Kier alpha value is -3.02. The number of hydrogen-bond donors (Lipinski definition) is 2. The number of benzene rings is 2. The second-order valence-corrected chi connectivity index (χ2v) is 9.09. The minimum atomic E-state index is -0.237. The van der Waals surface area contributed by atoms with E-state index in [0.717, 1.165) is 29.7 Å². The van der Waals surface area contributed by atoms with Crippen LogP contribution in [0.25, 0.3) is 0 Å². The van der Waals surface area contributed by atoms with Crippen molar-refractivity contribution in [1.29, 1.82) is 0 Å². The predicted molar refractivity (Wildman–Crippen MR) is 138 cm³/mol. The number of rotatable bonds is 10. The van der Waals surface area contributed by atoms with Crippen LogP contribution in [0.5, 0.6) is 0 Å². The molecular weight excluding hydrogens is 412 g/mol. The highest BCUT2D eigenvalue weighted by Gasteiger charge is 2.28. The van der Waals surface area contributed by atoms with Crippen LogP contribution >= 0.6 is 0 Å². The molecule has 0 radical (unpaired) electrons. The van der Waals surface area contributed by atoms with Gasteiger partial charge in [0.15, 0.2) is 0 Å². The van der Waals surface area contributed by atoms with Gasteiger partial charge < -0.3 is 20.4 Å². The summed E-state index contributed by atoms with van der Waals surface area (Å²) in [6, 6.07) is 15.8. The van der Waals surface area contributed by atoms with Crippen molar-refractivity contribution in [2.24, 2.45) is 0 Å². The van der Waals surface area contributed by atoms with Crippen LogP contribution in [-0.4, -0.2) is 43.0 Å². The first kappa shape index (κ1) is 26.2. The summed E-state index contributed by atoms with van der Waals surface area (Å²) in [4.78, 5) is 30.0. The molecule has 2 rings (SSSR count). The highest BCUT2D eigenvalue weighted by molar-refractivity contribution is 5.90. The van der Waals surface area contributed by atoms with Crippen LogP contribution in [-0.2, 0) is 11.3 Å². The molecule has 2 unspecified atom stereocenters. The Kier molecular flexibility index (Phi) is 9.76. The summed E-state index contributed by atoms with van der Waals surface area (Å²) >= 11 is 0. The molecule has 0 fully saturated rings. The molecule has 0 heterocycles. The molecule has 0 bridgehead atoms. The zero-order valence-electron chi connectivity index (χ0n) is 21.2. The lowest BCUT2D eigenvalue weighted by molar-refractivity contribution is -0.135. The van der Waals surface area contributed by atoms with Crippen LogP contribution in [0.3, 0.4) is 0 Å². The van der Waals surface area contributed by atoms with Crippen molar-refractivity contribution in [3.8, 4) is 0 Å². The average Bonchev–Trinajstić information content (AvgIpc) is 2.77. The number of anilines is 2. The van der Waals surface area contributed by atoms with Crippen molar-refractivity contribution in [2.75, 3.05) is 24.3 Å². The fourth-order valence-electron chi connectivity index (χ4n) is 3.95. The van der Waals surface area contributed by atoms with E-state index in [2.05, 4.69) is 31.4 Å². The van der Waals surface area contributed by atoms with Gasteiger partial charge in [0.1, 0.15) is 0 Å². The molecule has 0 saturated carbocycles. The van der Waals surface area contributed by atoms with E-state index in [1.54, 1.807) is 0 Å². The van der Waals surface area contributed by atoms with Gasteiger partial charge in [0.2, 0.25) is 5.91 Å². The Labute approximate surface area is 199 Å². The molecule has 2 atom stereocenters. The zero-order chi connectivity index (χ0) is 24.5. The minimum Gasteiger partial charge on any atom is -0.377 e. The molecule has 0 saturated heterocycles. The van der Waals surface area contributed by atoms with Crippen LogP contribution < -0.4 is 15.5 Å². The van der Waals surface area contributed by atoms with E-state index in [0.29, 0.717) is 12.2 Å². The molecule has 3 amide bonds. The maximum Gasteiger partial charge on any atom is 0.319 e. The predicted octanol–water partition coefficient (Wildman–Crippen LogP) is 5.60. The first-order valence-corrected chi connectivity index (χ1v) is 11.9. The smallest absolute Gasteiger partial charge is 0.319 e. The number of carbonyl (C=O) groups is 2. The van der Waals surface area contributed by atoms with Gasteiger partial charge >= 0.3 is 6.03 Å². The SMILES string of the molecule is CCC(C(=O)N(Cc1cc(NC(=O)NC(C)C)ccc1N(C)C)C(C)CC)c1ccccc1. The lowest BCUT2D eigenvalue weighted by Gasteiger charge is -2.33. The van der Waals surface area contributed by atoms with Gasteiger partial charge in [-0.1, -0.05) is 44.2 Å². The van der Waals surface area contributed by atoms with Crippen LogP contribution in [0.2, 0.25) is 0 Å². The van der Waals surface area contributed by atoms with Crippen molar-refractivity contribution in [1.82, 2.24) is 10.2 Å². The third-order valence-corrected chi connectivity index (χ3v) is 5.89. The highest BCUT2D eigenvalue weighted by Crippen LogP contribution is 2.29.